The minimum absolute atomic E-state index is 0.0175. The predicted octanol–water partition coefficient (Wildman–Crippen LogP) is 3.67. The zero-order chi connectivity index (χ0) is 20.4. The molecule has 2 aromatic carbocycles. The number of nitrogens with zero attached hydrogens (tertiary/aromatic N) is 1. The van der Waals surface area contributed by atoms with Crippen LogP contribution in [-0.2, 0) is 14.8 Å². The highest BCUT2D eigenvalue weighted by atomic mass is 35.5. The Morgan fingerprint density at radius 2 is 1.63 bits per heavy atom. The Balaban J connectivity index is 2.25. The highest BCUT2D eigenvalue weighted by Crippen LogP contribution is 2.23. The normalized spacial score (nSPS) is 12.7. The van der Waals surface area contributed by atoms with E-state index in [0.29, 0.717) is 10.6 Å². The number of carbonyl (C=O) groups excluding carboxylic acids is 2. The molecule has 27 heavy (non-hydrogen) atoms. The Bertz CT molecular complexity index is 972. The molecule has 2 aromatic rings. The number of hydrogen-bond donors (Lipinski definition) is 0. The summed E-state index contributed by atoms with van der Waals surface area (Å²) in [4.78, 5) is 24.7. The van der Waals surface area contributed by atoms with E-state index >= 15 is 0 Å². The Morgan fingerprint density at radius 1 is 1.04 bits per heavy atom. The molecule has 0 N–H and O–H groups in total. The molecule has 0 aliphatic heterocycles. The average Bonchev–Trinajstić information content (AvgIpc) is 2.61. The number of hydrogen-bond acceptors (Lipinski definition) is 5. The third kappa shape index (κ3) is 4.87. The quantitative estimate of drug-likeness (QED) is 0.516. The molecule has 0 saturated carbocycles. The largest absolute Gasteiger partial charge is 0.451 e. The summed E-state index contributed by atoms with van der Waals surface area (Å²) in [5.41, 5.74) is 0.185. The van der Waals surface area contributed by atoms with E-state index in [9.17, 15) is 18.0 Å². The minimum Gasteiger partial charge on any atom is -0.451 e. The smallest absolute Gasteiger partial charge is 0.340 e. The first-order valence-corrected chi connectivity index (χ1v) is 9.96. The number of ether oxygens (including phenoxy) is 1. The highest BCUT2D eigenvalue weighted by Gasteiger charge is 2.24. The summed E-state index contributed by atoms with van der Waals surface area (Å²) in [5.74, 6) is -1.32. The summed E-state index contributed by atoms with van der Waals surface area (Å²) < 4.78 is 30.6. The molecule has 0 fully saturated rings. The highest BCUT2D eigenvalue weighted by molar-refractivity contribution is 7.89. The van der Waals surface area contributed by atoms with Gasteiger partial charge in [0.05, 0.1) is 15.5 Å². The molecule has 0 aliphatic carbocycles. The van der Waals surface area contributed by atoms with E-state index in [1.807, 2.05) is 0 Å². The fourth-order valence-electron chi connectivity index (χ4n) is 2.16. The first-order chi connectivity index (χ1) is 12.5. The lowest BCUT2D eigenvalue weighted by Gasteiger charge is -2.15. The van der Waals surface area contributed by atoms with Crippen LogP contribution in [0.3, 0.4) is 0 Å². The molecule has 9 heteroatoms. The van der Waals surface area contributed by atoms with Gasteiger partial charge in [-0.25, -0.2) is 17.5 Å². The molecule has 0 heterocycles. The molecule has 0 saturated heterocycles. The summed E-state index contributed by atoms with van der Waals surface area (Å²) in [7, 11) is -1.01. The van der Waals surface area contributed by atoms with Gasteiger partial charge < -0.3 is 4.74 Å². The summed E-state index contributed by atoms with van der Waals surface area (Å²) in [6.07, 6.45) is -1.09. The molecular weight excluding hydrogens is 413 g/mol. The van der Waals surface area contributed by atoms with Gasteiger partial charge in [0.2, 0.25) is 15.8 Å². The van der Waals surface area contributed by atoms with Crippen molar-refractivity contribution in [1.82, 2.24) is 4.31 Å². The van der Waals surface area contributed by atoms with E-state index in [4.69, 9.17) is 27.9 Å². The minimum atomic E-state index is -3.75. The van der Waals surface area contributed by atoms with Gasteiger partial charge in [-0.2, -0.15) is 0 Å². The van der Waals surface area contributed by atoms with E-state index in [0.717, 1.165) is 10.4 Å². The van der Waals surface area contributed by atoms with Crippen molar-refractivity contribution >= 4 is 45.0 Å². The summed E-state index contributed by atoms with van der Waals surface area (Å²) >= 11 is 11.8. The SMILES string of the molecule is CC(OC(=O)c1cc(S(=O)(=O)N(C)C)ccc1Cl)C(=O)c1ccc(Cl)cc1. The second-order valence-corrected chi connectivity index (χ2v) is 8.84. The van der Waals surface area contributed by atoms with Crippen LogP contribution in [0, 0.1) is 0 Å². The van der Waals surface area contributed by atoms with E-state index in [-0.39, 0.29) is 15.5 Å². The maximum Gasteiger partial charge on any atom is 0.340 e. The van der Waals surface area contributed by atoms with Gasteiger partial charge in [0.25, 0.3) is 0 Å². The van der Waals surface area contributed by atoms with Gasteiger partial charge in [-0.1, -0.05) is 23.2 Å². The van der Waals surface area contributed by atoms with Crippen molar-refractivity contribution in [3.63, 3.8) is 0 Å². The van der Waals surface area contributed by atoms with Gasteiger partial charge in [-0.3, -0.25) is 4.79 Å². The van der Waals surface area contributed by atoms with Crippen molar-refractivity contribution in [1.29, 1.82) is 0 Å². The first-order valence-electron chi connectivity index (χ1n) is 7.77. The predicted molar refractivity (Wildman–Crippen MR) is 103 cm³/mol. The molecule has 0 bridgehead atoms. The fraction of sp³-hybridized carbons (Fsp3) is 0.222. The number of benzene rings is 2. The summed E-state index contributed by atoms with van der Waals surface area (Å²) in [6.45, 7) is 1.42. The molecule has 0 radical (unpaired) electrons. The number of Topliss-reactive ketones (excluding diaryl/α,β-unsaturated/α-hetero) is 1. The second kappa shape index (κ2) is 8.39. The van der Waals surface area contributed by atoms with Crippen LogP contribution in [0.4, 0.5) is 0 Å². The lowest BCUT2D eigenvalue weighted by atomic mass is 10.1. The van der Waals surface area contributed by atoms with Crippen LogP contribution in [-0.4, -0.2) is 44.7 Å². The van der Waals surface area contributed by atoms with Crippen molar-refractivity contribution < 1.29 is 22.7 Å². The maximum atomic E-state index is 12.4. The van der Waals surface area contributed by atoms with E-state index in [1.165, 1.54) is 45.3 Å². The number of esters is 1. The molecular formula is C18H17Cl2NO5S. The van der Waals surface area contributed by atoms with Gasteiger partial charge in [-0.15, -0.1) is 0 Å². The van der Waals surface area contributed by atoms with Crippen LogP contribution < -0.4 is 0 Å². The summed E-state index contributed by atoms with van der Waals surface area (Å²) in [6, 6.07) is 9.85. The van der Waals surface area contributed by atoms with Gasteiger partial charge in [0.15, 0.2) is 6.10 Å². The van der Waals surface area contributed by atoms with Crippen LogP contribution in [0.1, 0.15) is 27.6 Å². The first kappa shape index (κ1) is 21.4. The molecule has 0 amide bonds. The van der Waals surface area contributed by atoms with Crippen LogP contribution >= 0.6 is 23.2 Å². The molecule has 1 atom stereocenters. The van der Waals surface area contributed by atoms with Crippen LogP contribution in [0.15, 0.2) is 47.4 Å². The number of rotatable bonds is 6. The Kier molecular flexibility index (Phi) is 6.64. The van der Waals surface area contributed by atoms with Crippen molar-refractivity contribution in [2.45, 2.75) is 17.9 Å². The Morgan fingerprint density at radius 3 is 2.19 bits per heavy atom. The molecule has 2 rings (SSSR count). The van der Waals surface area contributed by atoms with Crippen molar-refractivity contribution in [2.75, 3.05) is 14.1 Å². The molecule has 6 nitrogen and oxygen atoms in total. The molecule has 0 aromatic heterocycles. The molecule has 0 spiro atoms. The zero-order valence-corrected chi connectivity index (χ0v) is 17.1. The fourth-order valence-corrected chi connectivity index (χ4v) is 3.41. The molecule has 144 valence electrons. The van der Waals surface area contributed by atoms with Crippen LogP contribution in [0.25, 0.3) is 0 Å². The molecule has 1 unspecified atom stereocenters. The lowest BCUT2D eigenvalue weighted by molar-refractivity contribution is 0.0318. The third-order valence-electron chi connectivity index (χ3n) is 3.72. The molecule has 0 aliphatic rings. The van der Waals surface area contributed by atoms with Crippen LogP contribution in [0.2, 0.25) is 10.0 Å². The van der Waals surface area contributed by atoms with Crippen molar-refractivity contribution in [3.05, 3.63) is 63.6 Å². The zero-order valence-electron chi connectivity index (χ0n) is 14.8. The average molecular weight is 430 g/mol. The van der Waals surface area contributed by atoms with E-state index in [1.54, 1.807) is 12.1 Å². The Hall–Kier alpha value is -1.93. The standard InChI is InChI=1S/C18H17Cl2NO5S/c1-11(17(22)12-4-6-13(19)7-5-12)26-18(23)15-10-14(8-9-16(15)20)27(24,25)21(2)3/h4-11H,1-3H3. The number of carbonyl (C=O) groups is 2. The maximum absolute atomic E-state index is 12.4. The van der Waals surface area contributed by atoms with E-state index in [2.05, 4.69) is 0 Å². The van der Waals surface area contributed by atoms with E-state index < -0.39 is 27.9 Å². The van der Waals surface area contributed by atoms with Gasteiger partial charge in [0.1, 0.15) is 0 Å². The number of sulfonamides is 1. The van der Waals surface area contributed by atoms with Crippen molar-refractivity contribution in [3.8, 4) is 0 Å². The van der Waals surface area contributed by atoms with Gasteiger partial charge in [-0.05, 0) is 49.4 Å². The third-order valence-corrected chi connectivity index (χ3v) is 6.11. The monoisotopic (exact) mass is 429 g/mol. The van der Waals surface area contributed by atoms with Crippen molar-refractivity contribution in [2.24, 2.45) is 0 Å². The second-order valence-electron chi connectivity index (χ2n) is 5.85. The number of halogens is 2. The summed E-state index contributed by atoms with van der Waals surface area (Å²) in [5, 5.41) is 0.491. The topological polar surface area (TPSA) is 80.8 Å². The Labute approximate surface area is 167 Å². The number of ketones is 1. The van der Waals surface area contributed by atoms with Crippen LogP contribution in [0.5, 0.6) is 0 Å². The lowest BCUT2D eigenvalue weighted by Crippen LogP contribution is -2.25. The van der Waals surface area contributed by atoms with Gasteiger partial charge in [0, 0.05) is 24.7 Å². The van der Waals surface area contributed by atoms with Gasteiger partial charge >= 0.3 is 5.97 Å².